The molecule has 15 heavy (non-hydrogen) atoms. The van der Waals surface area contributed by atoms with E-state index in [0.29, 0.717) is 19.3 Å². The van der Waals surface area contributed by atoms with Gasteiger partial charge in [0, 0.05) is 7.11 Å². The Morgan fingerprint density at radius 3 is 2.67 bits per heavy atom. The van der Waals surface area contributed by atoms with E-state index in [1.165, 1.54) is 0 Å². The van der Waals surface area contributed by atoms with Gasteiger partial charge in [-0.15, -0.1) is 0 Å². The Kier molecular flexibility index (Phi) is 6.43. The summed E-state index contributed by atoms with van der Waals surface area (Å²) in [6, 6.07) is 0.962. The second kappa shape index (κ2) is 7.35. The third-order valence-electron chi connectivity index (χ3n) is 2.32. The third kappa shape index (κ3) is 5.63. The zero-order chi connectivity index (χ0) is 11.1. The lowest BCUT2D eigenvalue weighted by molar-refractivity contribution is 0.00486. The molecule has 0 N–H and O–H groups in total. The molecule has 1 radical (unpaired) electrons. The summed E-state index contributed by atoms with van der Waals surface area (Å²) in [6.45, 7) is 6.37. The molecule has 1 fully saturated rings. The Hall–Kier alpha value is 0.0569. The summed E-state index contributed by atoms with van der Waals surface area (Å²) in [5, 5.41) is 0. The first-order chi connectivity index (χ1) is 7.30. The number of epoxide rings is 1. The van der Waals surface area contributed by atoms with E-state index < -0.39 is 9.28 Å². The van der Waals surface area contributed by atoms with E-state index in [4.69, 9.17) is 18.3 Å². The van der Waals surface area contributed by atoms with Gasteiger partial charge in [0.1, 0.15) is 6.10 Å². The van der Waals surface area contributed by atoms with Crippen molar-refractivity contribution in [2.45, 2.75) is 38.5 Å². The minimum Gasteiger partial charge on any atom is -0.397 e. The molecule has 0 aromatic carbocycles. The standard InChI is InChI=1S/C10H21O4Si/c1-4-9(12-6-10-7-13-10)8-14-15(5-2)11-3/h9-10H,4-8H2,1-3H3. The summed E-state index contributed by atoms with van der Waals surface area (Å²) in [5.41, 5.74) is 0. The van der Waals surface area contributed by atoms with E-state index >= 15 is 0 Å². The van der Waals surface area contributed by atoms with Gasteiger partial charge < -0.3 is 18.3 Å². The Morgan fingerprint density at radius 1 is 1.47 bits per heavy atom. The van der Waals surface area contributed by atoms with E-state index in [1.807, 2.05) is 0 Å². The molecule has 0 spiro atoms. The topological polar surface area (TPSA) is 40.2 Å². The van der Waals surface area contributed by atoms with Crippen molar-refractivity contribution in [2.24, 2.45) is 0 Å². The highest BCUT2D eigenvalue weighted by Gasteiger charge is 2.24. The van der Waals surface area contributed by atoms with Crippen LogP contribution in [0.25, 0.3) is 0 Å². The lowest BCUT2D eigenvalue weighted by Crippen LogP contribution is -2.28. The van der Waals surface area contributed by atoms with Crippen LogP contribution in [0.1, 0.15) is 20.3 Å². The van der Waals surface area contributed by atoms with Gasteiger partial charge in [0.25, 0.3) is 0 Å². The van der Waals surface area contributed by atoms with E-state index in [9.17, 15) is 0 Å². The molecule has 1 heterocycles. The molecular weight excluding hydrogens is 212 g/mol. The smallest absolute Gasteiger partial charge is 0.384 e. The molecule has 4 nitrogen and oxygen atoms in total. The second-order valence-corrected chi connectivity index (χ2v) is 5.71. The van der Waals surface area contributed by atoms with Crippen LogP contribution in [-0.2, 0) is 18.3 Å². The van der Waals surface area contributed by atoms with Gasteiger partial charge in [-0.3, -0.25) is 0 Å². The van der Waals surface area contributed by atoms with Gasteiger partial charge in [0.15, 0.2) is 0 Å². The lowest BCUT2D eigenvalue weighted by atomic mass is 10.3. The molecule has 1 saturated heterocycles. The molecule has 0 amide bonds. The van der Waals surface area contributed by atoms with E-state index in [2.05, 4.69) is 13.8 Å². The zero-order valence-electron chi connectivity index (χ0n) is 9.82. The average molecular weight is 233 g/mol. The summed E-state index contributed by atoms with van der Waals surface area (Å²) >= 11 is 0. The molecule has 1 aliphatic rings. The molecule has 2 atom stereocenters. The van der Waals surface area contributed by atoms with Crippen molar-refractivity contribution < 1.29 is 18.3 Å². The lowest BCUT2D eigenvalue weighted by Gasteiger charge is -2.18. The first-order valence-electron chi connectivity index (χ1n) is 5.55. The molecule has 5 heteroatoms. The Labute approximate surface area is 93.7 Å². The molecule has 0 aromatic rings. The summed E-state index contributed by atoms with van der Waals surface area (Å²) in [4.78, 5) is 0. The summed E-state index contributed by atoms with van der Waals surface area (Å²) in [7, 11) is 0.644. The predicted octanol–water partition coefficient (Wildman–Crippen LogP) is 1.35. The minimum absolute atomic E-state index is 0.177. The minimum atomic E-state index is -1.06. The Morgan fingerprint density at radius 2 is 2.20 bits per heavy atom. The van der Waals surface area contributed by atoms with Crippen molar-refractivity contribution in [1.82, 2.24) is 0 Å². The summed E-state index contributed by atoms with van der Waals surface area (Å²) < 4.78 is 21.6. The Balaban J connectivity index is 2.08. The fraction of sp³-hybridized carbons (Fsp3) is 1.00. The molecule has 2 unspecified atom stereocenters. The van der Waals surface area contributed by atoms with Crippen molar-refractivity contribution in [3.63, 3.8) is 0 Å². The molecule has 1 rings (SSSR count). The van der Waals surface area contributed by atoms with E-state index in [0.717, 1.165) is 19.1 Å². The number of hydrogen-bond acceptors (Lipinski definition) is 4. The molecule has 0 aromatic heterocycles. The van der Waals surface area contributed by atoms with Crippen LogP contribution >= 0.6 is 0 Å². The van der Waals surface area contributed by atoms with Crippen molar-refractivity contribution in [3.8, 4) is 0 Å². The maximum atomic E-state index is 5.67. The number of ether oxygens (including phenoxy) is 2. The summed E-state index contributed by atoms with van der Waals surface area (Å²) in [6.07, 6.45) is 1.48. The van der Waals surface area contributed by atoms with E-state index in [-0.39, 0.29) is 6.10 Å². The van der Waals surface area contributed by atoms with Crippen LogP contribution in [0.2, 0.25) is 6.04 Å². The van der Waals surface area contributed by atoms with Crippen LogP contribution in [0.3, 0.4) is 0 Å². The maximum absolute atomic E-state index is 5.67. The van der Waals surface area contributed by atoms with Gasteiger partial charge >= 0.3 is 9.28 Å². The average Bonchev–Trinajstić information content (AvgIpc) is 3.07. The Bertz CT molecular complexity index is 160. The first kappa shape index (κ1) is 13.1. The second-order valence-electron chi connectivity index (χ2n) is 3.56. The van der Waals surface area contributed by atoms with Crippen LogP contribution in [0.15, 0.2) is 0 Å². The highest BCUT2D eigenvalue weighted by molar-refractivity contribution is 6.44. The SMILES string of the molecule is CCC(CO[Si](CC)OC)OCC1CO1. The highest BCUT2D eigenvalue weighted by Crippen LogP contribution is 2.11. The predicted molar refractivity (Wildman–Crippen MR) is 59.0 cm³/mol. The van der Waals surface area contributed by atoms with Crippen LogP contribution in [0.5, 0.6) is 0 Å². The monoisotopic (exact) mass is 233 g/mol. The highest BCUT2D eigenvalue weighted by atomic mass is 28.3. The van der Waals surface area contributed by atoms with Gasteiger partial charge in [-0.05, 0) is 12.5 Å². The van der Waals surface area contributed by atoms with Crippen molar-refractivity contribution in [1.29, 1.82) is 0 Å². The fourth-order valence-electron chi connectivity index (χ4n) is 1.18. The van der Waals surface area contributed by atoms with Gasteiger partial charge in [0.05, 0.1) is 25.9 Å². The van der Waals surface area contributed by atoms with Gasteiger partial charge in [-0.25, -0.2) is 0 Å². The normalized spacial score (nSPS) is 22.0. The molecule has 0 aliphatic carbocycles. The van der Waals surface area contributed by atoms with Crippen LogP contribution in [0.4, 0.5) is 0 Å². The summed E-state index contributed by atoms with van der Waals surface area (Å²) in [5.74, 6) is 0. The number of rotatable bonds is 9. The van der Waals surface area contributed by atoms with Crippen LogP contribution < -0.4 is 0 Å². The van der Waals surface area contributed by atoms with Gasteiger partial charge in [-0.1, -0.05) is 13.8 Å². The first-order valence-corrected chi connectivity index (χ1v) is 7.08. The largest absolute Gasteiger partial charge is 0.397 e. The quantitative estimate of drug-likeness (QED) is 0.445. The van der Waals surface area contributed by atoms with Crippen LogP contribution in [-0.4, -0.2) is 48.4 Å². The fourth-order valence-corrected chi connectivity index (χ4v) is 2.17. The van der Waals surface area contributed by atoms with Crippen LogP contribution in [0, 0.1) is 0 Å². The molecule has 1 aliphatic heterocycles. The van der Waals surface area contributed by atoms with Crippen molar-refractivity contribution in [3.05, 3.63) is 0 Å². The molecule has 0 saturated carbocycles. The van der Waals surface area contributed by atoms with Gasteiger partial charge in [0.2, 0.25) is 0 Å². The third-order valence-corrected chi connectivity index (χ3v) is 3.84. The molecule has 89 valence electrons. The molecular formula is C10H21O4Si. The van der Waals surface area contributed by atoms with Crippen molar-refractivity contribution in [2.75, 3.05) is 26.9 Å². The van der Waals surface area contributed by atoms with Gasteiger partial charge in [-0.2, -0.15) is 0 Å². The van der Waals surface area contributed by atoms with E-state index in [1.54, 1.807) is 7.11 Å². The number of hydrogen-bond donors (Lipinski definition) is 0. The van der Waals surface area contributed by atoms with Crippen molar-refractivity contribution >= 4 is 9.28 Å². The molecule has 0 bridgehead atoms. The maximum Gasteiger partial charge on any atom is 0.384 e. The zero-order valence-corrected chi connectivity index (χ0v) is 10.8.